The van der Waals surface area contributed by atoms with Crippen LogP contribution in [-0.4, -0.2) is 75.9 Å². The zero-order chi connectivity index (χ0) is 23.5. The van der Waals surface area contributed by atoms with Gasteiger partial charge < -0.3 is 23.4 Å². The maximum Gasteiger partial charge on any atom is 0.330 e. The smallest absolute Gasteiger partial charge is 0.330 e. The normalized spacial score (nSPS) is 24.7. The predicted molar refractivity (Wildman–Crippen MR) is 123 cm³/mol. The van der Waals surface area contributed by atoms with Crippen LogP contribution >= 0.6 is 20.7 Å². The Hall–Kier alpha value is -1.36. The molecule has 2 unspecified atom stereocenters. The van der Waals surface area contributed by atoms with E-state index in [2.05, 4.69) is 37.3 Å². The van der Waals surface area contributed by atoms with Crippen LogP contribution in [0, 0.1) is 0 Å². The number of rotatable bonds is 8. The number of nitrogens with zero attached hydrogens (tertiary/aromatic N) is 3. The molecule has 12 heteroatoms. The van der Waals surface area contributed by atoms with Crippen molar-refractivity contribution in [2.75, 3.05) is 21.2 Å². The molecular weight excluding hydrogens is 443 g/mol. The van der Waals surface area contributed by atoms with Crippen LogP contribution in [-0.2, 0) is 18.5 Å². The van der Waals surface area contributed by atoms with Crippen LogP contribution in [0.4, 0.5) is 0 Å². The van der Waals surface area contributed by atoms with Gasteiger partial charge in [-0.05, 0) is 46.8 Å². The number of hydrogen-bond donors (Lipinski definition) is 1. The average molecular weight is 477 g/mol. The zero-order valence-corrected chi connectivity index (χ0v) is 21.0. The average Bonchev–Trinajstić information content (AvgIpc) is 2.95. The first kappa shape index (κ1) is 25.9. The summed E-state index contributed by atoms with van der Waals surface area (Å²) in [7, 11) is 3.70. The highest BCUT2D eigenvalue weighted by atomic mass is 32.1. The van der Waals surface area contributed by atoms with Gasteiger partial charge in [0.05, 0.1) is 6.10 Å². The van der Waals surface area contributed by atoms with Gasteiger partial charge in [-0.1, -0.05) is 0 Å². The van der Waals surface area contributed by atoms with Gasteiger partial charge in [-0.2, -0.15) is 0 Å². The molecule has 0 bridgehead atoms. The fraction of sp³-hybridized carbons (Fsp3) is 0.737. The van der Waals surface area contributed by atoms with E-state index in [0.29, 0.717) is 0 Å². The molecule has 1 aliphatic rings. The van der Waals surface area contributed by atoms with Crippen LogP contribution < -0.4 is 11.2 Å². The first-order chi connectivity index (χ1) is 14.5. The molecule has 0 spiro atoms. The summed E-state index contributed by atoms with van der Waals surface area (Å²) in [6.45, 7) is 10.1. The van der Waals surface area contributed by atoms with E-state index < -0.39 is 44.3 Å². The maximum absolute atomic E-state index is 12.4. The van der Waals surface area contributed by atoms with Gasteiger partial charge in [0.25, 0.3) is 19.3 Å². The van der Waals surface area contributed by atoms with Gasteiger partial charge in [0.2, 0.25) is 0 Å². The van der Waals surface area contributed by atoms with E-state index in [-0.39, 0.29) is 17.3 Å². The molecule has 1 aliphatic heterocycles. The molecule has 0 amide bonds. The summed E-state index contributed by atoms with van der Waals surface area (Å²) in [6, 6.07) is 1.62. The van der Waals surface area contributed by atoms with E-state index >= 15 is 0 Å². The molecule has 5 atom stereocenters. The molecule has 0 saturated carbocycles. The van der Waals surface area contributed by atoms with Crippen LogP contribution in [0.25, 0.3) is 0 Å². The fourth-order valence-corrected chi connectivity index (χ4v) is 5.17. The summed E-state index contributed by atoms with van der Waals surface area (Å²) in [6.07, 6.45) is -1.21. The Kier molecular flexibility index (Phi) is 9.17. The number of hydrogen-bond acceptors (Lipinski definition) is 8. The minimum atomic E-state index is -1.43. The van der Waals surface area contributed by atoms with E-state index in [0.717, 1.165) is 0 Å². The number of thiocarbonyl (C=S) groups is 1. The van der Waals surface area contributed by atoms with E-state index in [4.69, 9.17) is 30.7 Å². The molecule has 176 valence electrons. The molecule has 0 aromatic carbocycles. The van der Waals surface area contributed by atoms with Gasteiger partial charge in [0, 0.05) is 45.6 Å². The first-order valence-corrected chi connectivity index (χ1v) is 11.7. The molecule has 2 rings (SSSR count). The lowest BCUT2D eigenvalue weighted by atomic mass is 10.1. The molecule has 31 heavy (non-hydrogen) atoms. The summed E-state index contributed by atoms with van der Waals surface area (Å²) in [5, 5.41) is 0.227. The van der Waals surface area contributed by atoms with Crippen LogP contribution in [0.2, 0.25) is 0 Å². The molecule has 1 N–H and O–H groups in total. The summed E-state index contributed by atoms with van der Waals surface area (Å²) in [5.41, 5.74) is -1.09. The molecule has 0 aliphatic carbocycles. The third-order valence-electron chi connectivity index (χ3n) is 4.76. The second kappa shape index (κ2) is 11.0. The van der Waals surface area contributed by atoms with Crippen molar-refractivity contribution < 1.29 is 18.5 Å². The third-order valence-corrected chi connectivity index (χ3v) is 7.26. The maximum atomic E-state index is 12.4. The van der Waals surface area contributed by atoms with Crippen LogP contribution in [0.1, 0.15) is 40.8 Å². The Morgan fingerprint density at radius 3 is 2.32 bits per heavy atom. The highest BCUT2D eigenvalue weighted by Crippen LogP contribution is 2.49. The Bertz CT molecular complexity index is 852. The fourth-order valence-electron chi connectivity index (χ4n) is 3.42. The molecule has 2 heterocycles. The minimum Gasteiger partial charge on any atom is -0.460 e. The summed E-state index contributed by atoms with van der Waals surface area (Å²) < 4.78 is 27.7. The Labute approximate surface area is 189 Å². The van der Waals surface area contributed by atoms with Gasteiger partial charge in [-0.25, -0.2) is 9.46 Å². The van der Waals surface area contributed by atoms with Crippen molar-refractivity contribution in [3.05, 3.63) is 33.1 Å². The lowest BCUT2D eigenvalue weighted by molar-refractivity contribution is -0.0328. The topological polar surface area (TPSA) is 98.3 Å². The Morgan fingerprint density at radius 2 is 1.84 bits per heavy atom. The van der Waals surface area contributed by atoms with Gasteiger partial charge in [0.15, 0.2) is 12.3 Å². The van der Waals surface area contributed by atoms with Crippen LogP contribution in [0.15, 0.2) is 21.9 Å². The van der Waals surface area contributed by atoms with Crippen LogP contribution in [0.5, 0.6) is 0 Å². The Morgan fingerprint density at radius 1 is 1.23 bits per heavy atom. The zero-order valence-electron chi connectivity index (χ0n) is 19.3. The SMILES string of the molecule is COP(O[C@@H]1C(OC(=S)N(C)C)[C@H](n2ccc(=O)[nH]c2=O)O[C@@H]1C)N(C(C)C)C(C)C. The standard InChI is InChI=1S/C19H33N4O6PS/c1-11(2)23(12(3)4)30(26-8)29-15-13(5)27-17(16(15)28-19(31)21(6)7)22-10-9-14(24)20-18(22)25/h9-13,15-17H,1-8H3,(H,20,24,25)/t13-,15+,16?,17-,30?/m1/s1. The number of nitrogens with one attached hydrogen (secondary N) is 1. The third kappa shape index (κ3) is 6.12. The largest absolute Gasteiger partial charge is 0.460 e. The second-order valence-corrected chi connectivity index (χ2v) is 9.91. The molecule has 1 saturated heterocycles. The van der Waals surface area contributed by atoms with E-state index in [1.807, 2.05) is 6.92 Å². The predicted octanol–water partition coefficient (Wildman–Crippen LogP) is 2.06. The number of aromatic nitrogens is 2. The van der Waals surface area contributed by atoms with E-state index in [9.17, 15) is 9.59 Å². The molecular formula is C19H33N4O6PS. The highest BCUT2D eigenvalue weighted by Gasteiger charge is 2.49. The summed E-state index contributed by atoms with van der Waals surface area (Å²) in [5.74, 6) is 0. The minimum absolute atomic E-state index is 0.184. The van der Waals surface area contributed by atoms with Gasteiger partial charge in [-0.15, -0.1) is 0 Å². The number of H-pyrrole nitrogens is 1. The van der Waals surface area contributed by atoms with Crippen LogP contribution in [0.3, 0.4) is 0 Å². The summed E-state index contributed by atoms with van der Waals surface area (Å²) >= 11 is 5.35. The molecule has 1 fully saturated rings. The lowest BCUT2D eigenvalue weighted by Crippen LogP contribution is -2.43. The molecule has 0 radical (unpaired) electrons. The lowest BCUT2D eigenvalue weighted by Gasteiger charge is -2.37. The molecule has 1 aromatic rings. The monoisotopic (exact) mass is 476 g/mol. The van der Waals surface area contributed by atoms with Crippen molar-refractivity contribution in [2.45, 2.75) is 71.2 Å². The molecule has 10 nitrogen and oxygen atoms in total. The van der Waals surface area contributed by atoms with E-state index in [1.165, 1.54) is 16.8 Å². The van der Waals surface area contributed by atoms with Crippen molar-refractivity contribution in [3.8, 4) is 0 Å². The van der Waals surface area contributed by atoms with E-state index in [1.54, 1.807) is 26.1 Å². The van der Waals surface area contributed by atoms with Gasteiger partial charge >= 0.3 is 5.69 Å². The van der Waals surface area contributed by atoms with Crippen molar-refractivity contribution >= 4 is 25.9 Å². The van der Waals surface area contributed by atoms with Crippen molar-refractivity contribution in [1.29, 1.82) is 0 Å². The van der Waals surface area contributed by atoms with Gasteiger partial charge in [0.1, 0.15) is 6.10 Å². The van der Waals surface area contributed by atoms with Crippen molar-refractivity contribution in [3.63, 3.8) is 0 Å². The highest BCUT2D eigenvalue weighted by molar-refractivity contribution is 7.80. The van der Waals surface area contributed by atoms with Gasteiger partial charge in [-0.3, -0.25) is 14.3 Å². The first-order valence-electron chi connectivity index (χ1n) is 10.1. The number of aromatic amines is 1. The summed E-state index contributed by atoms with van der Waals surface area (Å²) in [4.78, 5) is 27.8. The quantitative estimate of drug-likeness (QED) is 0.447. The Balaban J connectivity index is 2.42. The second-order valence-electron chi connectivity index (χ2n) is 8.05. The molecule has 1 aromatic heterocycles. The van der Waals surface area contributed by atoms with Crippen molar-refractivity contribution in [1.82, 2.24) is 19.1 Å². The van der Waals surface area contributed by atoms with Crippen molar-refractivity contribution in [2.24, 2.45) is 0 Å². The number of ether oxygens (including phenoxy) is 2.